The number of para-hydroxylation sites is 1. The van der Waals surface area contributed by atoms with Crippen LogP contribution < -0.4 is 14.8 Å². The lowest BCUT2D eigenvalue weighted by molar-refractivity contribution is -0.117. The lowest BCUT2D eigenvalue weighted by Gasteiger charge is -2.16. The molecular weight excluding hydrogens is 384 g/mol. The molecule has 0 radical (unpaired) electrons. The number of carbonyl (C=O) groups is 2. The number of anilines is 1. The average Bonchev–Trinajstić information content (AvgIpc) is 2.67. The molecule has 0 aliphatic carbocycles. The van der Waals surface area contributed by atoms with E-state index in [0.29, 0.717) is 11.3 Å². The minimum Gasteiger partial charge on any atom is -0.496 e. The van der Waals surface area contributed by atoms with Crippen LogP contribution in [0.2, 0.25) is 0 Å². The van der Waals surface area contributed by atoms with Crippen molar-refractivity contribution in [3.63, 3.8) is 0 Å². The van der Waals surface area contributed by atoms with E-state index in [-0.39, 0.29) is 16.1 Å². The summed E-state index contributed by atoms with van der Waals surface area (Å²) in [6, 6.07) is 9.59. The highest BCUT2D eigenvalue weighted by molar-refractivity contribution is 7.89. The van der Waals surface area contributed by atoms with Gasteiger partial charge in [0.15, 0.2) is 0 Å². The van der Waals surface area contributed by atoms with Crippen molar-refractivity contribution in [1.82, 2.24) is 4.72 Å². The van der Waals surface area contributed by atoms with Gasteiger partial charge in [-0.1, -0.05) is 12.1 Å². The fraction of sp³-hybridized carbons (Fsp3) is 0.263. The van der Waals surface area contributed by atoms with Gasteiger partial charge in [-0.25, -0.2) is 13.2 Å². The molecule has 150 valence electrons. The number of methoxy groups -OCH3 is 2. The molecule has 0 spiro atoms. The first-order valence-corrected chi connectivity index (χ1v) is 9.83. The normalized spacial score (nSPS) is 12.1. The number of ether oxygens (including phenoxy) is 2. The van der Waals surface area contributed by atoms with Crippen molar-refractivity contribution in [2.75, 3.05) is 19.5 Å². The lowest BCUT2D eigenvalue weighted by Crippen LogP contribution is -2.41. The van der Waals surface area contributed by atoms with Crippen LogP contribution >= 0.6 is 0 Å². The summed E-state index contributed by atoms with van der Waals surface area (Å²) < 4.78 is 37.3. The minimum absolute atomic E-state index is 0.0143. The molecule has 0 bridgehead atoms. The minimum atomic E-state index is -3.93. The molecule has 0 aliphatic rings. The Balaban J connectivity index is 2.16. The van der Waals surface area contributed by atoms with E-state index >= 15 is 0 Å². The Morgan fingerprint density at radius 3 is 2.36 bits per heavy atom. The first kappa shape index (κ1) is 21.4. The zero-order valence-electron chi connectivity index (χ0n) is 16.0. The lowest BCUT2D eigenvalue weighted by atomic mass is 10.1. The predicted molar refractivity (Wildman–Crippen MR) is 104 cm³/mol. The molecule has 0 saturated carbocycles. The number of sulfonamides is 1. The van der Waals surface area contributed by atoms with E-state index in [1.54, 1.807) is 25.1 Å². The van der Waals surface area contributed by atoms with E-state index in [1.807, 2.05) is 0 Å². The van der Waals surface area contributed by atoms with Crippen molar-refractivity contribution in [3.05, 3.63) is 53.6 Å². The topological polar surface area (TPSA) is 111 Å². The standard InChI is InChI=1S/C19H22N2O6S/c1-12-11-14(9-10-17(12)26-3)28(24,25)21-13(2)18(22)20-16-8-6-5-7-15(16)19(23)27-4/h5-11,13,21H,1-4H3,(H,20,22)/t13-/m1/s1. The maximum absolute atomic E-state index is 12.6. The molecule has 2 N–H and O–H groups in total. The van der Waals surface area contributed by atoms with Gasteiger partial charge >= 0.3 is 5.97 Å². The summed E-state index contributed by atoms with van der Waals surface area (Å²) in [4.78, 5) is 24.2. The molecule has 0 unspecified atom stereocenters. The summed E-state index contributed by atoms with van der Waals surface area (Å²) in [5.41, 5.74) is 1.04. The predicted octanol–water partition coefficient (Wildman–Crippen LogP) is 2.10. The van der Waals surface area contributed by atoms with Crippen molar-refractivity contribution in [2.45, 2.75) is 24.8 Å². The third-order valence-electron chi connectivity index (χ3n) is 3.99. The van der Waals surface area contributed by atoms with Crippen LogP contribution in [0.25, 0.3) is 0 Å². The number of benzene rings is 2. The fourth-order valence-electron chi connectivity index (χ4n) is 2.49. The van der Waals surface area contributed by atoms with Gasteiger partial charge in [0.1, 0.15) is 5.75 Å². The second kappa shape index (κ2) is 8.85. The summed E-state index contributed by atoms with van der Waals surface area (Å²) in [5, 5.41) is 2.54. The second-order valence-electron chi connectivity index (χ2n) is 6.00. The number of hydrogen-bond acceptors (Lipinski definition) is 6. The van der Waals surface area contributed by atoms with Gasteiger partial charge in [0.05, 0.1) is 36.4 Å². The Bertz CT molecular complexity index is 988. The molecule has 2 aromatic carbocycles. The molecule has 9 heteroatoms. The summed E-state index contributed by atoms with van der Waals surface area (Å²) in [6.07, 6.45) is 0. The van der Waals surface area contributed by atoms with Crippen LogP contribution in [-0.2, 0) is 19.6 Å². The summed E-state index contributed by atoms with van der Waals surface area (Å²) in [6.45, 7) is 3.13. The summed E-state index contributed by atoms with van der Waals surface area (Å²) in [7, 11) is -1.21. The van der Waals surface area contributed by atoms with Crippen molar-refractivity contribution >= 4 is 27.6 Å². The molecule has 2 rings (SSSR count). The van der Waals surface area contributed by atoms with Crippen LogP contribution in [0.4, 0.5) is 5.69 Å². The molecule has 1 atom stereocenters. The molecule has 8 nitrogen and oxygen atoms in total. The third kappa shape index (κ3) is 4.87. The molecular formula is C19H22N2O6S. The molecule has 1 amide bonds. The van der Waals surface area contributed by atoms with Crippen LogP contribution in [0.3, 0.4) is 0 Å². The Hall–Kier alpha value is -2.91. The molecule has 0 aliphatic heterocycles. The zero-order valence-corrected chi connectivity index (χ0v) is 16.8. The monoisotopic (exact) mass is 406 g/mol. The van der Waals surface area contributed by atoms with E-state index in [1.165, 1.54) is 45.4 Å². The van der Waals surface area contributed by atoms with Gasteiger partial charge in [-0.05, 0) is 49.7 Å². The number of carbonyl (C=O) groups excluding carboxylic acids is 2. The number of hydrogen-bond donors (Lipinski definition) is 2. The molecule has 0 saturated heterocycles. The largest absolute Gasteiger partial charge is 0.496 e. The molecule has 0 fully saturated rings. The Kier molecular flexibility index (Phi) is 6.76. The van der Waals surface area contributed by atoms with Crippen LogP contribution in [-0.4, -0.2) is 40.6 Å². The second-order valence-corrected chi connectivity index (χ2v) is 7.71. The van der Waals surface area contributed by atoms with Gasteiger partial charge in [-0.3, -0.25) is 4.79 Å². The van der Waals surface area contributed by atoms with Gasteiger partial charge in [0, 0.05) is 0 Å². The average molecular weight is 406 g/mol. The Morgan fingerprint density at radius 2 is 1.75 bits per heavy atom. The summed E-state index contributed by atoms with van der Waals surface area (Å²) in [5.74, 6) is -0.674. The molecule has 0 aromatic heterocycles. The van der Waals surface area contributed by atoms with Gasteiger partial charge in [-0.2, -0.15) is 4.72 Å². The van der Waals surface area contributed by atoms with E-state index in [2.05, 4.69) is 14.8 Å². The summed E-state index contributed by atoms with van der Waals surface area (Å²) >= 11 is 0. The highest BCUT2D eigenvalue weighted by atomic mass is 32.2. The Labute approximate surface area is 163 Å². The number of rotatable bonds is 7. The number of amides is 1. The van der Waals surface area contributed by atoms with Crippen LogP contribution in [0.5, 0.6) is 5.75 Å². The molecule has 28 heavy (non-hydrogen) atoms. The van der Waals surface area contributed by atoms with Crippen molar-refractivity contribution < 1.29 is 27.5 Å². The van der Waals surface area contributed by atoms with E-state index in [4.69, 9.17) is 4.74 Å². The fourth-order valence-corrected chi connectivity index (χ4v) is 3.78. The van der Waals surface area contributed by atoms with E-state index in [9.17, 15) is 18.0 Å². The van der Waals surface area contributed by atoms with E-state index < -0.39 is 27.9 Å². The van der Waals surface area contributed by atoms with Crippen molar-refractivity contribution in [3.8, 4) is 5.75 Å². The SMILES string of the molecule is COC(=O)c1ccccc1NC(=O)[C@@H](C)NS(=O)(=O)c1ccc(OC)c(C)c1. The first-order chi connectivity index (χ1) is 13.2. The molecule has 2 aromatic rings. The highest BCUT2D eigenvalue weighted by Gasteiger charge is 2.24. The zero-order chi connectivity index (χ0) is 20.9. The van der Waals surface area contributed by atoms with E-state index in [0.717, 1.165) is 0 Å². The maximum atomic E-state index is 12.6. The maximum Gasteiger partial charge on any atom is 0.339 e. The van der Waals surface area contributed by atoms with Gasteiger partial charge in [0.25, 0.3) is 0 Å². The number of nitrogens with one attached hydrogen (secondary N) is 2. The Morgan fingerprint density at radius 1 is 1.07 bits per heavy atom. The van der Waals surface area contributed by atoms with Crippen LogP contribution in [0.15, 0.2) is 47.4 Å². The quantitative estimate of drug-likeness (QED) is 0.681. The van der Waals surface area contributed by atoms with Crippen LogP contribution in [0.1, 0.15) is 22.8 Å². The smallest absolute Gasteiger partial charge is 0.339 e. The number of aryl methyl sites for hydroxylation is 1. The van der Waals surface area contributed by atoms with Crippen molar-refractivity contribution in [2.24, 2.45) is 0 Å². The van der Waals surface area contributed by atoms with Gasteiger partial charge in [0.2, 0.25) is 15.9 Å². The highest BCUT2D eigenvalue weighted by Crippen LogP contribution is 2.21. The molecule has 0 heterocycles. The third-order valence-corrected chi connectivity index (χ3v) is 5.53. The van der Waals surface area contributed by atoms with Crippen LogP contribution in [0, 0.1) is 6.92 Å². The number of esters is 1. The first-order valence-electron chi connectivity index (χ1n) is 8.34. The van der Waals surface area contributed by atoms with Gasteiger partial charge < -0.3 is 14.8 Å². The van der Waals surface area contributed by atoms with Gasteiger partial charge in [-0.15, -0.1) is 0 Å². The van der Waals surface area contributed by atoms with Crippen molar-refractivity contribution in [1.29, 1.82) is 0 Å².